The van der Waals surface area contributed by atoms with Gasteiger partial charge in [-0.25, -0.2) is 0 Å². The summed E-state index contributed by atoms with van der Waals surface area (Å²) in [6.45, 7) is 1.49. The highest BCUT2D eigenvalue weighted by molar-refractivity contribution is 7.71. The fourth-order valence-electron chi connectivity index (χ4n) is 2.53. The average Bonchev–Trinajstić information content (AvgIpc) is 3.11. The van der Waals surface area contributed by atoms with Crippen molar-refractivity contribution in [2.24, 2.45) is 0 Å². The SMILES string of the molecule is CC(=O)Nc1ccccc1.S=c1[nH]nc(-c2ccncc2)n1-c1ccccc1. The lowest BCUT2D eigenvalue weighted by Gasteiger charge is -2.06. The molecule has 2 N–H and O–H groups in total. The largest absolute Gasteiger partial charge is 0.326 e. The number of amides is 1. The summed E-state index contributed by atoms with van der Waals surface area (Å²) in [5.74, 6) is 0.750. The normalized spacial score (nSPS) is 9.89. The van der Waals surface area contributed by atoms with E-state index in [1.807, 2.05) is 77.4 Å². The molecule has 0 fully saturated rings. The maximum absolute atomic E-state index is 10.5. The van der Waals surface area contributed by atoms with Crippen LogP contribution in [0.25, 0.3) is 17.1 Å². The van der Waals surface area contributed by atoms with E-state index in [1.165, 1.54) is 6.92 Å². The molecule has 0 unspecified atom stereocenters. The van der Waals surface area contributed by atoms with Crippen molar-refractivity contribution < 1.29 is 4.79 Å². The molecule has 0 radical (unpaired) electrons. The number of hydrogen-bond acceptors (Lipinski definition) is 4. The molecule has 140 valence electrons. The van der Waals surface area contributed by atoms with Gasteiger partial charge in [0.25, 0.3) is 0 Å². The van der Waals surface area contributed by atoms with E-state index in [2.05, 4.69) is 20.5 Å². The van der Waals surface area contributed by atoms with Crippen LogP contribution in [-0.4, -0.2) is 25.7 Å². The van der Waals surface area contributed by atoms with Gasteiger partial charge in [0.2, 0.25) is 5.91 Å². The molecule has 0 aliphatic carbocycles. The number of carbonyl (C=O) groups excluding carboxylic acids is 1. The van der Waals surface area contributed by atoms with Gasteiger partial charge in [-0.05, 0) is 48.6 Å². The number of hydrogen-bond donors (Lipinski definition) is 2. The molecular weight excluding hydrogens is 370 g/mol. The van der Waals surface area contributed by atoms with Gasteiger partial charge in [-0.2, -0.15) is 5.10 Å². The second-order valence-corrected chi connectivity index (χ2v) is 6.19. The molecule has 6 nitrogen and oxygen atoms in total. The molecule has 28 heavy (non-hydrogen) atoms. The second-order valence-electron chi connectivity index (χ2n) is 5.81. The highest BCUT2D eigenvalue weighted by Gasteiger charge is 2.09. The first kappa shape index (κ1) is 19.2. The molecule has 2 heterocycles. The van der Waals surface area contributed by atoms with Gasteiger partial charge in [-0.1, -0.05) is 36.4 Å². The maximum Gasteiger partial charge on any atom is 0.221 e. The van der Waals surface area contributed by atoms with Crippen LogP contribution < -0.4 is 5.32 Å². The lowest BCUT2D eigenvalue weighted by Crippen LogP contribution is -2.04. The summed E-state index contributed by atoms with van der Waals surface area (Å²) in [5.41, 5.74) is 2.80. The zero-order valence-corrected chi connectivity index (χ0v) is 16.1. The van der Waals surface area contributed by atoms with Crippen LogP contribution in [-0.2, 0) is 4.79 Å². The molecule has 7 heteroatoms. The van der Waals surface area contributed by atoms with Crippen molar-refractivity contribution in [3.8, 4) is 17.1 Å². The van der Waals surface area contributed by atoms with Crippen molar-refractivity contribution in [1.29, 1.82) is 0 Å². The fourth-order valence-corrected chi connectivity index (χ4v) is 2.77. The van der Waals surface area contributed by atoms with Crippen molar-refractivity contribution in [1.82, 2.24) is 19.7 Å². The van der Waals surface area contributed by atoms with E-state index in [0.29, 0.717) is 4.77 Å². The van der Waals surface area contributed by atoms with Crippen LogP contribution in [0.2, 0.25) is 0 Å². The van der Waals surface area contributed by atoms with E-state index in [0.717, 1.165) is 22.8 Å². The monoisotopic (exact) mass is 389 g/mol. The van der Waals surface area contributed by atoms with Crippen molar-refractivity contribution in [3.05, 3.63) is 90.0 Å². The highest BCUT2D eigenvalue weighted by Crippen LogP contribution is 2.20. The average molecular weight is 389 g/mol. The topological polar surface area (TPSA) is 75.6 Å². The lowest BCUT2D eigenvalue weighted by atomic mass is 10.2. The molecule has 4 rings (SSSR count). The lowest BCUT2D eigenvalue weighted by molar-refractivity contribution is -0.114. The van der Waals surface area contributed by atoms with Crippen LogP contribution >= 0.6 is 12.2 Å². The van der Waals surface area contributed by atoms with Crippen molar-refractivity contribution >= 4 is 23.8 Å². The van der Waals surface area contributed by atoms with Crippen molar-refractivity contribution in [2.75, 3.05) is 5.32 Å². The van der Waals surface area contributed by atoms with Crippen LogP contribution in [0.5, 0.6) is 0 Å². The van der Waals surface area contributed by atoms with Gasteiger partial charge >= 0.3 is 0 Å². The fraction of sp³-hybridized carbons (Fsp3) is 0.0476. The number of nitrogens with one attached hydrogen (secondary N) is 2. The third-order valence-corrected chi connectivity index (χ3v) is 3.99. The standard InChI is InChI=1S/C13H10N4S.C8H9NO/c18-13-16-15-12(10-6-8-14-9-7-10)17(13)11-4-2-1-3-5-11;1-7(10)9-8-5-3-2-4-6-8/h1-9H,(H,16,18);2-6H,1H3,(H,9,10). The molecule has 0 saturated carbocycles. The van der Waals surface area contributed by atoms with Gasteiger partial charge in [0.1, 0.15) is 0 Å². The Morgan fingerprint density at radius 3 is 2.18 bits per heavy atom. The van der Waals surface area contributed by atoms with E-state index >= 15 is 0 Å². The van der Waals surface area contributed by atoms with E-state index in [-0.39, 0.29) is 5.91 Å². The van der Waals surface area contributed by atoms with Crippen molar-refractivity contribution in [3.63, 3.8) is 0 Å². The molecule has 0 aliphatic heterocycles. The molecular formula is C21H19N5OS. The maximum atomic E-state index is 10.5. The van der Waals surface area contributed by atoms with E-state index in [9.17, 15) is 4.79 Å². The number of rotatable bonds is 3. The number of aromatic nitrogens is 4. The van der Waals surface area contributed by atoms with Gasteiger partial charge < -0.3 is 5.32 Å². The summed E-state index contributed by atoms with van der Waals surface area (Å²) >= 11 is 5.28. The first-order valence-electron chi connectivity index (χ1n) is 8.61. The molecule has 2 aromatic heterocycles. The van der Waals surface area contributed by atoms with E-state index in [4.69, 9.17) is 12.2 Å². The minimum Gasteiger partial charge on any atom is -0.326 e. The minimum atomic E-state index is -0.0359. The molecule has 0 spiro atoms. The van der Waals surface area contributed by atoms with E-state index in [1.54, 1.807) is 12.4 Å². The first-order valence-corrected chi connectivity index (χ1v) is 9.02. The minimum absolute atomic E-state index is 0.0359. The van der Waals surface area contributed by atoms with Gasteiger partial charge in [0, 0.05) is 36.3 Å². The molecule has 0 bridgehead atoms. The van der Waals surface area contributed by atoms with Crippen molar-refractivity contribution in [2.45, 2.75) is 6.92 Å². The van der Waals surface area contributed by atoms with Crippen LogP contribution in [0.15, 0.2) is 85.2 Å². The second kappa shape index (κ2) is 9.38. The Labute approximate surface area is 167 Å². The molecule has 0 atom stereocenters. The number of aromatic amines is 1. The number of para-hydroxylation sites is 2. The Balaban J connectivity index is 0.000000192. The smallest absolute Gasteiger partial charge is 0.221 e. The number of nitrogens with zero attached hydrogens (tertiary/aromatic N) is 3. The Morgan fingerprint density at radius 2 is 1.57 bits per heavy atom. The van der Waals surface area contributed by atoms with Crippen LogP contribution in [0.3, 0.4) is 0 Å². The van der Waals surface area contributed by atoms with Crippen LogP contribution in [0.1, 0.15) is 6.92 Å². The van der Waals surface area contributed by atoms with Gasteiger partial charge in [0.05, 0.1) is 0 Å². The highest BCUT2D eigenvalue weighted by atomic mass is 32.1. The summed E-state index contributed by atoms with van der Waals surface area (Å²) < 4.78 is 2.48. The van der Waals surface area contributed by atoms with Crippen LogP contribution in [0, 0.1) is 4.77 Å². The molecule has 1 amide bonds. The van der Waals surface area contributed by atoms with Crippen LogP contribution in [0.4, 0.5) is 5.69 Å². The summed E-state index contributed by atoms with van der Waals surface area (Å²) in [7, 11) is 0. The Bertz CT molecular complexity index is 1080. The zero-order chi connectivity index (χ0) is 19.8. The van der Waals surface area contributed by atoms with Gasteiger partial charge in [0.15, 0.2) is 10.6 Å². The molecule has 0 saturated heterocycles. The first-order chi connectivity index (χ1) is 13.6. The number of carbonyl (C=O) groups is 1. The van der Waals surface area contributed by atoms with Gasteiger partial charge in [-0.3, -0.25) is 19.4 Å². The summed E-state index contributed by atoms with van der Waals surface area (Å²) in [4.78, 5) is 14.5. The Kier molecular flexibility index (Phi) is 6.43. The number of anilines is 1. The zero-order valence-electron chi connectivity index (χ0n) is 15.2. The number of H-pyrrole nitrogens is 1. The summed E-state index contributed by atoms with van der Waals surface area (Å²) in [6, 6.07) is 23.1. The number of pyridine rings is 1. The number of benzene rings is 2. The quantitative estimate of drug-likeness (QED) is 0.501. The summed E-state index contributed by atoms with van der Waals surface area (Å²) in [5, 5.41) is 9.78. The van der Waals surface area contributed by atoms with Gasteiger partial charge in [-0.15, -0.1) is 0 Å². The predicted molar refractivity (Wildman–Crippen MR) is 113 cm³/mol. The Hall–Kier alpha value is -3.58. The van der Waals surface area contributed by atoms with E-state index < -0.39 is 0 Å². The third kappa shape index (κ3) is 4.99. The molecule has 0 aliphatic rings. The molecule has 4 aromatic rings. The predicted octanol–water partition coefficient (Wildman–Crippen LogP) is 4.64. The molecule has 2 aromatic carbocycles. The summed E-state index contributed by atoms with van der Waals surface area (Å²) in [6.07, 6.45) is 3.48. The Morgan fingerprint density at radius 1 is 0.964 bits per heavy atom. The third-order valence-electron chi connectivity index (χ3n) is 3.72.